The number of nitrogens with zero attached hydrogens (tertiary/aromatic N) is 1. The van der Waals surface area contributed by atoms with E-state index >= 15 is 0 Å². The quantitative estimate of drug-likeness (QED) is 0.583. The highest BCUT2D eigenvalue weighted by Crippen LogP contribution is 2.15. The van der Waals surface area contributed by atoms with Crippen molar-refractivity contribution in [3.8, 4) is 0 Å². The molecule has 1 nitrogen and oxygen atoms in total. The lowest BCUT2D eigenvalue weighted by Gasteiger charge is -2.10. The lowest BCUT2D eigenvalue weighted by atomic mass is 10.0. The Morgan fingerprint density at radius 2 is 1.67 bits per heavy atom. The van der Waals surface area contributed by atoms with Crippen LogP contribution in [0.25, 0.3) is 0 Å². The molecule has 0 aromatic rings. The van der Waals surface area contributed by atoms with Gasteiger partial charge in [0.05, 0.1) is 0 Å². The highest BCUT2D eigenvalue weighted by molar-refractivity contribution is 5.30. The summed E-state index contributed by atoms with van der Waals surface area (Å²) in [5.74, 6) is 0. The van der Waals surface area contributed by atoms with Gasteiger partial charge >= 0.3 is 0 Å². The molecule has 0 atom stereocenters. The highest BCUT2D eigenvalue weighted by atomic mass is 15.0. The van der Waals surface area contributed by atoms with Gasteiger partial charge in [-0.3, -0.25) is 0 Å². The second-order valence-electron chi connectivity index (χ2n) is 3.53. The van der Waals surface area contributed by atoms with Gasteiger partial charge in [-0.25, -0.2) is 0 Å². The number of hydrogen-bond donors (Lipinski definition) is 0. The van der Waals surface area contributed by atoms with Crippen LogP contribution in [-0.4, -0.2) is 19.0 Å². The van der Waals surface area contributed by atoms with Gasteiger partial charge in [0.2, 0.25) is 0 Å². The lowest BCUT2D eigenvalue weighted by molar-refractivity contribution is 0.559. The van der Waals surface area contributed by atoms with Crippen LogP contribution in [0.1, 0.15) is 34.1 Å². The average Bonchev–Trinajstić information content (AvgIpc) is 2.00. The van der Waals surface area contributed by atoms with Crippen LogP contribution < -0.4 is 0 Å². The van der Waals surface area contributed by atoms with Crippen molar-refractivity contribution in [3.63, 3.8) is 0 Å². The first-order valence-electron chi connectivity index (χ1n) is 4.50. The van der Waals surface area contributed by atoms with Crippen molar-refractivity contribution in [2.24, 2.45) is 0 Å². The molecule has 0 aliphatic heterocycles. The summed E-state index contributed by atoms with van der Waals surface area (Å²) >= 11 is 0. The van der Waals surface area contributed by atoms with Gasteiger partial charge in [-0.1, -0.05) is 12.5 Å². The van der Waals surface area contributed by atoms with Gasteiger partial charge < -0.3 is 4.90 Å². The molecule has 0 amide bonds. The van der Waals surface area contributed by atoms with Gasteiger partial charge in [0, 0.05) is 20.3 Å². The summed E-state index contributed by atoms with van der Waals surface area (Å²) < 4.78 is 0. The van der Waals surface area contributed by atoms with Crippen molar-refractivity contribution < 1.29 is 0 Å². The van der Waals surface area contributed by atoms with Gasteiger partial charge in [-0.15, -0.1) is 0 Å². The molecule has 0 aliphatic carbocycles. The lowest BCUT2D eigenvalue weighted by Crippen LogP contribution is -2.02. The molecular formula is C11H21N. The summed E-state index contributed by atoms with van der Waals surface area (Å²) in [5, 5.41) is 0. The van der Waals surface area contributed by atoms with Crippen LogP contribution in [-0.2, 0) is 0 Å². The monoisotopic (exact) mass is 167 g/mol. The fraction of sp³-hybridized carbons (Fsp3) is 0.636. The molecule has 0 spiro atoms. The third kappa shape index (κ3) is 3.61. The second kappa shape index (κ2) is 5.02. The summed E-state index contributed by atoms with van der Waals surface area (Å²) in [7, 11) is 4.11. The van der Waals surface area contributed by atoms with E-state index in [2.05, 4.69) is 52.9 Å². The van der Waals surface area contributed by atoms with Gasteiger partial charge in [0.1, 0.15) is 0 Å². The molecule has 70 valence electrons. The maximum Gasteiger partial charge on any atom is 0.00557 e. The topological polar surface area (TPSA) is 3.24 Å². The Labute approximate surface area is 76.8 Å². The van der Waals surface area contributed by atoms with Crippen molar-refractivity contribution in [1.29, 1.82) is 0 Å². The minimum atomic E-state index is 1.14. The zero-order valence-corrected chi connectivity index (χ0v) is 9.23. The summed E-state index contributed by atoms with van der Waals surface area (Å²) in [4.78, 5) is 2.09. The van der Waals surface area contributed by atoms with Crippen molar-refractivity contribution in [2.75, 3.05) is 14.1 Å². The van der Waals surface area contributed by atoms with Crippen molar-refractivity contribution in [2.45, 2.75) is 34.1 Å². The van der Waals surface area contributed by atoms with Crippen LogP contribution in [0.2, 0.25) is 0 Å². The van der Waals surface area contributed by atoms with Gasteiger partial charge in [0.25, 0.3) is 0 Å². The normalized spacial score (nSPS) is 14.3. The summed E-state index contributed by atoms with van der Waals surface area (Å²) in [6.45, 7) is 8.74. The van der Waals surface area contributed by atoms with E-state index in [4.69, 9.17) is 0 Å². The van der Waals surface area contributed by atoms with Crippen LogP contribution in [0.4, 0.5) is 0 Å². The van der Waals surface area contributed by atoms with Crippen LogP contribution in [0.15, 0.2) is 22.9 Å². The van der Waals surface area contributed by atoms with E-state index in [0.29, 0.717) is 0 Å². The second-order valence-corrected chi connectivity index (χ2v) is 3.53. The van der Waals surface area contributed by atoms with E-state index in [9.17, 15) is 0 Å². The Balaban J connectivity index is 4.59. The van der Waals surface area contributed by atoms with Crippen LogP contribution in [0.3, 0.4) is 0 Å². The molecule has 0 aromatic heterocycles. The Morgan fingerprint density at radius 3 is 2.00 bits per heavy atom. The minimum absolute atomic E-state index is 1.14. The van der Waals surface area contributed by atoms with Crippen molar-refractivity contribution >= 4 is 0 Å². The number of hydrogen-bond acceptors (Lipinski definition) is 1. The molecule has 0 aliphatic rings. The number of allylic oxidation sites excluding steroid dienone is 3. The zero-order valence-electron chi connectivity index (χ0n) is 9.23. The van der Waals surface area contributed by atoms with Crippen LogP contribution >= 0.6 is 0 Å². The smallest absolute Gasteiger partial charge is 0.00557 e. The molecule has 0 saturated carbocycles. The summed E-state index contributed by atoms with van der Waals surface area (Å²) in [6.07, 6.45) is 3.30. The molecule has 0 aromatic carbocycles. The molecule has 0 bridgehead atoms. The fourth-order valence-electron chi connectivity index (χ4n) is 1.09. The fourth-order valence-corrected chi connectivity index (χ4v) is 1.09. The molecule has 0 N–H and O–H groups in total. The maximum atomic E-state index is 2.20. The molecular weight excluding hydrogens is 146 g/mol. The maximum absolute atomic E-state index is 2.20. The molecule has 12 heavy (non-hydrogen) atoms. The van der Waals surface area contributed by atoms with E-state index < -0.39 is 0 Å². The first-order valence-corrected chi connectivity index (χ1v) is 4.50. The van der Waals surface area contributed by atoms with E-state index in [-0.39, 0.29) is 0 Å². The minimum Gasteiger partial charge on any atom is -0.383 e. The van der Waals surface area contributed by atoms with E-state index in [1.807, 2.05) is 0 Å². The van der Waals surface area contributed by atoms with Crippen molar-refractivity contribution in [1.82, 2.24) is 4.90 Å². The third-order valence-corrected chi connectivity index (χ3v) is 2.21. The third-order valence-electron chi connectivity index (χ3n) is 2.21. The number of rotatable bonds is 3. The molecule has 0 radical (unpaired) electrons. The predicted molar refractivity (Wildman–Crippen MR) is 56.1 cm³/mol. The van der Waals surface area contributed by atoms with Gasteiger partial charge in [-0.2, -0.15) is 0 Å². The average molecular weight is 167 g/mol. The summed E-state index contributed by atoms with van der Waals surface area (Å²) in [6, 6.07) is 0. The first-order chi connectivity index (χ1) is 5.49. The Morgan fingerprint density at radius 1 is 1.17 bits per heavy atom. The van der Waals surface area contributed by atoms with Gasteiger partial charge in [0.15, 0.2) is 0 Å². The SMILES string of the molecule is CC/C(C)=C(C)/C(C)=C\N(C)C. The van der Waals surface area contributed by atoms with Crippen LogP contribution in [0.5, 0.6) is 0 Å². The Hall–Kier alpha value is -0.720. The molecule has 0 heterocycles. The zero-order chi connectivity index (χ0) is 9.72. The van der Waals surface area contributed by atoms with E-state index in [1.165, 1.54) is 16.7 Å². The molecule has 0 unspecified atom stereocenters. The predicted octanol–water partition coefficient (Wildman–Crippen LogP) is 3.20. The Kier molecular flexibility index (Phi) is 4.72. The molecule has 1 heteroatoms. The Bertz CT molecular complexity index is 197. The van der Waals surface area contributed by atoms with E-state index in [0.717, 1.165) is 6.42 Å². The van der Waals surface area contributed by atoms with Gasteiger partial charge in [-0.05, 0) is 38.3 Å². The van der Waals surface area contributed by atoms with Crippen molar-refractivity contribution in [3.05, 3.63) is 22.9 Å². The highest BCUT2D eigenvalue weighted by Gasteiger charge is 1.97. The standard InChI is InChI=1S/C11H21N/c1-7-9(2)11(4)10(3)8-12(5)6/h8H,7H2,1-6H3/b10-8-,11-9+. The summed E-state index contributed by atoms with van der Waals surface area (Å²) in [5.41, 5.74) is 4.26. The van der Waals surface area contributed by atoms with E-state index in [1.54, 1.807) is 0 Å². The molecule has 0 rings (SSSR count). The first kappa shape index (κ1) is 11.3. The largest absolute Gasteiger partial charge is 0.383 e. The van der Waals surface area contributed by atoms with Crippen LogP contribution in [0, 0.1) is 0 Å². The molecule has 0 fully saturated rings. The molecule has 0 saturated heterocycles.